The zero-order valence-electron chi connectivity index (χ0n) is 13.1. The maximum Gasteiger partial charge on any atom is 0.254 e. The Balaban J connectivity index is 1.92. The van der Waals surface area contributed by atoms with Crippen molar-refractivity contribution in [2.45, 2.75) is 33.1 Å². The van der Waals surface area contributed by atoms with E-state index < -0.39 is 17.5 Å². The number of hydrogen-bond acceptors (Lipinski definition) is 2. The van der Waals surface area contributed by atoms with Gasteiger partial charge in [-0.1, -0.05) is 24.3 Å². The Bertz CT molecular complexity index is 669. The Hall–Kier alpha value is -2.27. The number of carbonyl (C=O) groups excluding carboxylic acids is 1. The van der Waals surface area contributed by atoms with Gasteiger partial charge in [-0.05, 0) is 43.2 Å². The Morgan fingerprint density at radius 2 is 1.74 bits per heavy atom. The van der Waals surface area contributed by atoms with Gasteiger partial charge in [-0.15, -0.1) is 0 Å². The Morgan fingerprint density at radius 1 is 1.09 bits per heavy atom. The molecule has 2 rings (SSSR count). The molecule has 1 amide bonds. The number of ether oxygens (including phenoxy) is 1. The minimum absolute atomic E-state index is 0.162. The molecule has 0 aliphatic carbocycles. The van der Waals surface area contributed by atoms with Crippen LogP contribution in [0, 0.1) is 11.6 Å². The molecular weight excluding hydrogens is 300 g/mol. The van der Waals surface area contributed by atoms with E-state index in [0.717, 1.165) is 29.3 Å². The normalized spacial score (nSPS) is 10.8. The number of rotatable bonds is 6. The quantitative estimate of drug-likeness (QED) is 0.879. The van der Waals surface area contributed by atoms with Crippen LogP contribution in [0.3, 0.4) is 0 Å². The Kier molecular flexibility index (Phi) is 5.82. The van der Waals surface area contributed by atoms with E-state index in [1.807, 2.05) is 38.1 Å². The summed E-state index contributed by atoms with van der Waals surface area (Å²) in [4.78, 5) is 11.9. The van der Waals surface area contributed by atoms with Gasteiger partial charge in [0.25, 0.3) is 5.91 Å². The van der Waals surface area contributed by atoms with Crippen LogP contribution in [0.5, 0.6) is 0 Å². The highest BCUT2D eigenvalue weighted by Crippen LogP contribution is 2.11. The SMILES string of the molecule is CC(C)OCc1ccc(CNC(=O)c2cc(F)ccc2F)cc1. The van der Waals surface area contributed by atoms with Crippen LogP contribution in [-0.2, 0) is 17.9 Å². The van der Waals surface area contributed by atoms with Crippen LogP contribution >= 0.6 is 0 Å². The van der Waals surface area contributed by atoms with Crippen molar-refractivity contribution in [1.29, 1.82) is 0 Å². The van der Waals surface area contributed by atoms with Gasteiger partial charge in [-0.3, -0.25) is 4.79 Å². The highest BCUT2D eigenvalue weighted by molar-refractivity contribution is 5.94. The van der Waals surface area contributed by atoms with E-state index in [1.54, 1.807) is 0 Å². The third kappa shape index (κ3) is 5.14. The molecule has 5 heteroatoms. The summed E-state index contributed by atoms with van der Waals surface area (Å²) in [5.41, 5.74) is 1.60. The van der Waals surface area contributed by atoms with E-state index in [4.69, 9.17) is 4.74 Å². The smallest absolute Gasteiger partial charge is 0.254 e. The standard InChI is InChI=1S/C18H19F2NO2/c1-12(2)23-11-14-5-3-13(4-6-14)10-21-18(22)16-9-15(19)7-8-17(16)20/h3-9,12H,10-11H2,1-2H3,(H,21,22). The molecule has 0 aliphatic rings. The van der Waals surface area contributed by atoms with E-state index in [9.17, 15) is 13.6 Å². The first-order valence-corrected chi connectivity index (χ1v) is 7.38. The first-order valence-electron chi connectivity index (χ1n) is 7.38. The molecule has 1 N–H and O–H groups in total. The molecule has 0 aromatic heterocycles. The Labute approximate surface area is 134 Å². The summed E-state index contributed by atoms with van der Waals surface area (Å²) < 4.78 is 32.1. The second kappa shape index (κ2) is 7.83. The zero-order chi connectivity index (χ0) is 16.8. The minimum atomic E-state index is -0.745. The highest BCUT2D eigenvalue weighted by atomic mass is 19.1. The average Bonchev–Trinajstić information content (AvgIpc) is 2.53. The summed E-state index contributed by atoms with van der Waals surface area (Å²) in [6.45, 7) is 4.70. The van der Waals surface area contributed by atoms with Gasteiger partial charge in [0.2, 0.25) is 0 Å². The van der Waals surface area contributed by atoms with Gasteiger partial charge >= 0.3 is 0 Å². The topological polar surface area (TPSA) is 38.3 Å². The molecule has 0 saturated carbocycles. The van der Waals surface area contributed by atoms with Gasteiger partial charge in [0.15, 0.2) is 0 Å². The minimum Gasteiger partial charge on any atom is -0.374 e. The van der Waals surface area contributed by atoms with E-state index in [2.05, 4.69) is 5.32 Å². The monoisotopic (exact) mass is 319 g/mol. The molecule has 0 spiro atoms. The molecule has 2 aromatic rings. The molecule has 0 bridgehead atoms. The molecule has 0 fully saturated rings. The fourth-order valence-electron chi connectivity index (χ4n) is 1.97. The number of halogens is 2. The summed E-state index contributed by atoms with van der Waals surface area (Å²) in [6.07, 6.45) is 0.162. The molecule has 0 unspecified atom stereocenters. The lowest BCUT2D eigenvalue weighted by molar-refractivity contribution is 0.0657. The van der Waals surface area contributed by atoms with Crippen LogP contribution in [0.1, 0.15) is 35.3 Å². The van der Waals surface area contributed by atoms with Crippen molar-refractivity contribution in [1.82, 2.24) is 5.32 Å². The number of nitrogens with one attached hydrogen (secondary N) is 1. The lowest BCUT2D eigenvalue weighted by Gasteiger charge is -2.09. The summed E-state index contributed by atoms with van der Waals surface area (Å²) >= 11 is 0. The fraction of sp³-hybridized carbons (Fsp3) is 0.278. The van der Waals surface area contributed by atoms with Crippen LogP contribution < -0.4 is 5.32 Å². The van der Waals surface area contributed by atoms with Crippen molar-refractivity contribution in [3.05, 3.63) is 70.8 Å². The predicted molar refractivity (Wildman–Crippen MR) is 83.9 cm³/mol. The third-order valence-corrected chi connectivity index (χ3v) is 3.23. The zero-order valence-corrected chi connectivity index (χ0v) is 13.1. The number of carbonyl (C=O) groups is 1. The molecule has 0 aliphatic heterocycles. The van der Waals surface area contributed by atoms with E-state index >= 15 is 0 Å². The van der Waals surface area contributed by atoms with Crippen molar-refractivity contribution >= 4 is 5.91 Å². The maximum atomic E-state index is 13.5. The fourth-order valence-corrected chi connectivity index (χ4v) is 1.97. The van der Waals surface area contributed by atoms with Gasteiger partial charge in [0, 0.05) is 6.54 Å². The van der Waals surface area contributed by atoms with Crippen molar-refractivity contribution in [3.63, 3.8) is 0 Å². The van der Waals surface area contributed by atoms with Gasteiger partial charge in [-0.2, -0.15) is 0 Å². The summed E-state index contributed by atoms with van der Waals surface area (Å²) in [5, 5.41) is 2.58. The molecule has 0 radical (unpaired) electrons. The van der Waals surface area contributed by atoms with Crippen LogP contribution in [0.2, 0.25) is 0 Å². The van der Waals surface area contributed by atoms with Crippen LogP contribution in [0.4, 0.5) is 8.78 Å². The summed E-state index contributed by atoms with van der Waals surface area (Å²) in [7, 11) is 0. The van der Waals surface area contributed by atoms with Gasteiger partial charge in [0.1, 0.15) is 11.6 Å². The molecule has 0 saturated heterocycles. The third-order valence-electron chi connectivity index (χ3n) is 3.23. The van der Waals surface area contributed by atoms with Gasteiger partial charge in [-0.25, -0.2) is 8.78 Å². The molecule has 2 aromatic carbocycles. The first kappa shape index (κ1) is 17.1. The van der Waals surface area contributed by atoms with Crippen molar-refractivity contribution < 1.29 is 18.3 Å². The van der Waals surface area contributed by atoms with Crippen LogP contribution in [0.15, 0.2) is 42.5 Å². The number of hydrogen-bond donors (Lipinski definition) is 1. The molecule has 3 nitrogen and oxygen atoms in total. The maximum absolute atomic E-state index is 13.5. The molecule has 23 heavy (non-hydrogen) atoms. The van der Waals surface area contributed by atoms with E-state index in [-0.39, 0.29) is 18.2 Å². The van der Waals surface area contributed by atoms with E-state index in [1.165, 1.54) is 0 Å². The highest BCUT2D eigenvalue weighted by Gasteiger charge is 2.12. The second-order valence-electron chi connectivity index (χ2n) is 5.48. The van der Waals surface area contributed by atoms with Crippen molar-refractivity contribution in [2.24, 2.45) is 0 Å². The lowest BCUT2D eigenvalue weighted by Crippen LogP contribution is -2.24. The van der Waals surface area contributed by atoms with Crippen LogP contribution in [0.25, 0.3) is 0 Å². The summed E-state index contributed by atoms with van der Waals surface area (Å²) in [6, 6.07) is 10.3. The molecule has 0 heterocycles. The van der Waals surface area contributed by atoms with E-state index in [0.29, 0.717) is 6.61 Å². The number of amides is 1. The predicted octanol–water partition coefficient (Wildman–Crippen LogP) is 3.82. The van der Waals surface area contributed by atoms with Crippen molar-refractivity contribution in [3.8, 4) is 0 Å². The first-order chi connectivity index (χ1) is 11.0. The lowest BCUT2D eigenvalue weighted by atomic mass is 10.1. The largest absolute Gasteiger partial charge is 0.374 e. The number of benzene rings is 2. The van der Waals surface area contributed by atoms with Gasteiger partial charge in [0.05, 0.1) is 18.3 Å². The average molecular weight is 319 g/mol. The van der Waals surface area contributed by atoms with Crippen LogP contribution in [-0.4, -0.2) is 12.0 Å². The molecule has 122 valence electrons. The van der Waals surface area contributed by atoms with Crippen molar-refractivity contribution in [2.75, 3.05) is 0 Å². The molecular formula is C18H19F2NO2. The second-order valence-corrected chi connectivity index (χ2v) is 5.48. The Morgan fingerprint density at radius 3 is 2.39 bits per heavy atom. The molecule has 0 atom stereocenters. The van der Waals surface area contributed by atoms with Gasteiger partial charge < -0.3 is 10.1 Å². The summed E-state index contributed by atoms with van der Waals surface area (Å²) in [5.74, 6) is -2.04.